The first-order chi connectivity index (χ1) is 6.25. The zero-order valence-electron chi connectivity index (χ0n) is 8.25. The molecule has 1 aliphatic heterocycles. The summed E-state index contributed by atoms with van der Waals surface area (Å²) < 4.78 is 0. The maximum Gasteiger partial charge on any atom is 0.157 e. The summed E-state index contributed by atoms with van der Waals surface area (Å²) >= 11 is 0. The Morgan fingerprint density at radius 2 is 2.31 bits per heavy atom. The van der Waals surface area contributed by atoms with Crippen LogP contribution in [0.15, 0.2) is 11.8 Å². The molecule has 72 valence electrons. The molecule has 2 rings (SSSR count). The summed E-state index contributed by atoms with van der Waals surface area (Å²) in [7, 11) is 0. The van der Waals surface area contributed by atoms with Gasteiger partial charge in [0, 0.05) is 31.3 Å². The molecule has 1 unspecified atom stereocenters. The third-order valence-corrected chi connectivity index (χ3v) is 3.02. The largest absolute Gasteiger partial charge is 0.374 e. The summed E-state index contributed by atoms with van der Waals surface area (Å²) in [6.07, 6.45) is 6.19. The van der Waals surface area contributed by atoms with Crippen LogP contribution in [0.3, 0.4) is 0 Å². The van der Waals surface area contributed by atoms with Crippen molar-refractivity contribution in [3.8, 4) is 0 Å². The monoisotopic (exact) mass is 179 g/mol. The van der Waals surface area contributed by atoms with E-state index in [0.717, 1.165) is 31.8 Å². The number of likely N-dealkylation sites (tertiary alicyclic amines) is 1. The Balaban J connectivity index is 2.00. The molecule has 1 fully saturated rings. The number of carbonyl (C=O) groups is 1. The second-order valence-electron chi connectivity index (χ2n) is 4.30. The van der Waals surface area contributed by atoms with E-state index in [1.165, 1.54) is 18.5 Å². The highest BCUT2D eigenvalue weighted by molar-refractivity contribution is 5.92. The first-order valence-electron chi connectivity index (χ1n) is 5.24. The molecule has 1 aliphatic carbocycles. The molecule has 0 radical (unpaired) electrons. The van der Waals surface area contributed by atoms with Gasteiger partial charge in [0.1, 0.15) is 0 Å². The zero-order valence-corrected chi connectivity index (χ0v) is 8.25. The molecule has 0 saturated carbocycles. The first kappa shape index (κ1) is 8.79. The SMILES string of the molecule is CC1CCCN(C2=CC(=O)CC2)C1. The number of nitrogens with zero attached hydrogens (tertiary/aromatic N) is 1. The third-order valence-electron chi connectivity index (χ3n) is 3.02. The molecule has 0 N–H and O–H groups in total. The van der Waals surface area contributed by atoms with Crippen LogP contribution in [0.1, 0.15) is 32.6 Å². The van der Waals surface area contributed by atoms with Crippen molar-refractivity contribution >= 4 is 5.78 Å². The van der Waals surface area contributed by atoms with Gasteiger partial charge in [-0.1, -0.05) is 6.92 Å². The smallest absolute Gasteiger partial charge is 0.157 e. The summed E-state index contributed by atoms with van der Waals surface area (Å²) in [5, 5.41) is 0. The predicted molar refractivity (Wildman–Crippen MR) is 52.3 cm³/mol. The van der Waals surface area contributed by atoms with Crippen LogP contribution in [0, 0.1) is 5.92 Å². The van der Waals surface area contributed by atoms with Gasteiger partial charge in [-0.3, -0.25) is 4.79 Å². The van der Waals surface area contributed by atoms with Crippen molar-refractivity contribution in [2.45, 2.75) is 32.6 Å². The van der Waals surface area contributed by atoms with Crippen LogP contribution < -0.4 is 0 Å². The highest BCUT2D eigenvalue weighted by Gasteiger charge is 2.22. The fourth-order valence-corrected chi connectivity index (χ4v) is 2.28. The lowest BCUT2D eigenvalue weighted by molar-refractivity contribution is -0.114. The van der Waals surface area contributed by atoms with E-state index < -0.39 is 0 Å². The average Bonchev–Trinajstić information content (AvgIpc) is 2.52. The summed E-state index contributed by atoms with van der Waals surface area (Å²) in [6.45, 7) is 4.60. The molecule has 0 aromatic carbocycles. The topological polar surface area (TPSA) is 20.3 Å². The molecule has 0 amide bonds. The van der Waals surface area contributed by atoms with Gasteiger partial charge < -0.3 is 4.90 Å². The number of allylic oxidation sites excluding steroid dienone is 2. The average molecular weight is 179 g/mol. The van der Waals surface area contributed by atoms with Gasteiger partial charge in [0.05, 0.1) is 0 Å². The molecule has 1 atom stereocenters. The van der Waals surface area contributed by atoms with Crippen molar-refractivity contribution < 1.29 is 4.79 Å². The Morgan fingerprint density at radius 1 is 1.46 bits per heavy atom. The van der Waals surface area contributed by atoms with Crippen molar-refractivity contribution in [1.29, 1.82) is 0 Å². The van der Waals surface area contributed by atoms with Crippen molar-refractivity contribution in [1.82, 2.24) is 4.90 Å². The van der Waals surface area contributed by atoms with E-state index in [0.29, 0.717) is 5.78 Å². The molecule has 0 aromatic rings. The first-order valence-corrected chi connectivity index (χ1v) is 5.24. The lowest BCUT2D eigenvalue weighted by Gasteiger charge is -2.33. The second kappa shape index (κ2) is 3.52. The normalized spacial score (nSPS) is 29.3. The Kier molecular flexibility index (Phi) is 2.38. The van der Waals surface area contributed by atoms with Crippen LogP contribution in [0.4, 0.5) is 0 Å². The van der Waals surface area contributed by atoms with Gasteiger partial charge in [0.15, 0.2) is 5.78 Å². The number of carbonyl (C=O) groups excluding carboxylic acids is 1. The van der Waals surface area contributed by atoms with E-state index in [9.17, 15) is 4.79 Å². The maximum absolute atomic E-state index is 11.1. The summed E-state index contributed by atoms with van der Waals surface area (Å²) in [4.78, 5) is 13.5. The van der Waals surface area contributed by atoms with E-state index in [2.05, 4.69) is 11.8 Å². The Morgan fingerprint density at radius 3 is 2.92 bits per heavy atom. The number of rotatable bonds is 1. The fourth-order valence-electron chi connectivity index (χ4n) is 2.28. The van der Waals surface area contributed by atoms with Crippen molar-refractivity contribution in [3.63, 3.8) is 0 Å². The van der Waals surface area contributed by atoms with Gasteiger partial charge in [0.25, 0.3) is 0 Å². The van der Waals surface area contributed by atoms with Gasteiger partial charge in [0.2, 0.25) is 0 Å². The van der Waals surface area contributed by atoms with Crippen molar-refractivity contribution in [2.75, 3.05) is 13.1 Å². The van der Waals surface area contributed by atoms with Crippen LogP contribution in [0.2, 0.25) is 0 Å². The van der Waals surface area contributed by atoms with Crippen LogP contribution >= 0.6 is 0 Å². The number of hydrogen-bond donors (Lipinski definition) is 0. The minimum Gasteiger partial charge on any atom is -0.374 e. The Bertz CT molecular complexity index is 244. The van der Waals surface area contributed by atoms with Crippen LogP contribution in [-0.4, -0.2) is 23.8 Å². The molecule has 1 heterocycles. The number of ketones is 1. The lowest BCUT2D eigenvalue weighted by Crippen LogP contribution is -2.33. The predicted octanol–water partition coefficient (Wildman–Crippen LogP) is 1.97. The standard InChI is InChI=1S/C11H17NO/c1-9-3-2-6-12(8-9)10-4-5-11(13)7-10/h7,9H,2-6,8H2,1H3. The second-order valence-corrected chi connectivity index (χ2v) is 4.30. The molecular weight excluding hydrogens is 162 g/mol. The highest BCUT2D eigenvalue weighted by Crippen LogP contribution is 2.25. The number of hydrogen-bond acceptors (Lipinski definition) is 2. The summed E-state index contributed by atoms with van der Waals surface area (Å²) in [5.41, 5.74) is 1.29. The molecule has 2 nitrogen and oxygen atoms in total. The van der Waals surface area contributed by atoms with Gasteiger partial charge in [-0.25, -0.2) is 0 Å². The molecule has 2 aliphatic rings. The maximum atomic E-state index is 11.1. The van der Waals surface area contributed by atoms with Gasteiger partial charge in [-0.2, -0.15) is 0 Å². The van der Waals surface area contributed by atoms with Crippen molar-refractivity contribution in [3.05, 3.63) is 11.8 Å². The molecule has 0 aromatic heterocycles. The van der Waals surface area contributed by atoms with E-state index in [1.807, 2.05) is 6.08 Å². The summed E-state index contributed by atoms with van der Waals surface area (Å²) in [5.74, 6) is 1.11. The molecule has 2 heteroatoms. The van der Waals surface area contributed by atoms with Crippen LogP contribution in [-0.2, 0) is 4.79 Å². The molecule has 1 saturated heterocycles. The van der Waals surface area contributed by atoms with Gasteiger partial charge >= 0.3 is 0 Å². The zero-order chi connectivity index (χ0) is 9.26. The molecule has 0 spiro atoms. The van der Waals surface area contributed by atoms with Crippen LogP contribution in [0.25, 0.3) is 0 Å². The minimum absolute atomic E-state index is 0.313. The fraction of sp³-hybridized carbons (Fsp3) is 0.727. The molecule has 13 heavy (non-hydrogen) atoms. The summed E-state index contributed by atoms with van der Waals surface area (Å²) in [6, 6.07) is 0. The van der Waals surface area contributed by atoms with Crippen LogP contribution in [0.5, 0.6) is 0 Å². The third kappa shape index (κ3) is 1.93. The Labute approximate surface area is 79.6 Å². The quantitative estimate of drug-likeness (QED) is 0.613. The number of piperidine rings is 1. The van der Waals surface area contributed by atoms with Gasteiger partial charge in [-0.15, -0.1) is 0 Å². The van der Waals surface area contributed by atoms with E-state index in [4.69, 9.17) is 0 Å². The van der Waals surface area contributed by atoms with E-state index in [-0.39, 0.29) is 0 Å². The minimum atomic E-state index is 0.313. The highest BCUT2D eigenvalue weighted by atomic mass is 16.1. The van der Waals surface area contributed by atoms with E-state index >= 15 is 0 Å². The molecule has 0 bridgehead atoms. The van der Waals surface area contributed by atoms with E-state index in [1.54, 1.807) is 0 Å². The van der Waals surface area contributed by atoms with Crippen molar-refractivity contribution in [2.24, 2.45) is 5.92 Å². The molecular formula is C11H17NO. The Hall–Kier alpha value is -0.790. The lowest BCUT2D eigenvalue weighted by atomic mass is 10.00. The van der Waals surface area contributed by atoms with Gasteiger partial charge in [-0.05, 0) is 25.2 Å².